The molecular formula is C21H16BrCl2NO2. The van der Waals surface area contributed by atoms with Gasteiger partial charge in [-0.3, -0.25) is 9.59 Å². The largest absolute Gasteiger partial charge is 0.329 e. The van der Waals surface area contributed by atoms with E-state index < -0.39 is 0 Å². The zero-order chi connectivity index (χ0) is 19.1. The lowest BCUT2D eigenvalue weighted by molar-refractivity contribution is -0.122. The molecule has 1 aliphatic heterocycles. The molecule has 0 fully saturated rings. The molecule has 2 aromatic rings. The molecule has 3 nitrogen and oxygen atoms in total. The van der Waals surface area contributed by atoms with Crippen LogP contribution >= 0.6 is 39.1 Å². The molecule has 0 radical (unpaired) electrons. The number of carbonyl (C=O) groups is 2. The Morgan fingerprint density at radius 3 is 2.48 bits per heavy atom. The first kappa shape index (κ1) is 18.7. The summed E-state index contributed by atoms with van der Waals surface area (Å²) in [5.74, 6) is -0.221. The van der Waals surface area contributed by atoms with Crippen molar-refractivity contribution >= 4 is 50.8 Å². The summed E-state index contributed by atoms with van der Waals surface area (Å²) < 4.78 is 0.913. The fourth-order valence-electron chi connectivity index (χ4n) is 3.99. The highest BCUT2D eigenvalue weighted by molar-refractivity contribution is 9.10. The molecule has 4 rings (SSSR count). The summed E-state index contributed by atoms with van der Waals surface area (Å²) in [5, 5.41) is 3.90. The van der Waals surface area contributed by atoms with Crippen molar-refractivity contribution in [2.75, 3.05) is 0 Å². The van der Waals surface area contributed by atoms with Gasteiger partial charge in [-0.1, -0.05) is 63.4 Å². The number of Topliss-reactive ketones (excluding diaryl/α,β-unsaturated/α-hetero) is 1. The van der Waals surface area contributed by atoms with Gasteiger partial charge in [-0.25, -0.2) is 0 Å². The minimum atomic E-state index is -0.216. The summed E-state index contributed by atoms with van der Waals surface area (Å²) in [4.78, 5) is 25.4. The molecule has 0 aromatic heterocycles. The first-order valence-corrected chi connectivity index (χ1v) is 10.2. The van der Waals surface area contributed by atoms with Gasteiger partial charge in [0.2, 0.25) is 5.91 Å². The summed E-state index contributed by atoms with van der Waals surface area (Å²) >= 11 is 15.7. The van der Waals surface area contributed by atoms with Crippen LogP contribution in [0.15, 0.2) is 58.2 Å². The summed E-state index contributed by atoms with van der Waals surface area (Å²) in [6.45, 7) is 0. The Kier molecular flexibility index (Phi) is 5.15. The zero-order valence-corrected chi connectivity index (χ0v) is 17.4. The number of halogens is 3. The Labute approximate surface area is 175 Å². The van der Waals surface area contributed by atoms with Gasteiger partial charge >= 0.3 is 0 Å². The van der Waals surface area contributed by atoms with Crippen LogP contribution in [0.3, 0.4) is 0 Å². The van der Waals surface area contributed by atoms with E-state index in [0.717, 1.165) is 26.9 Å². The highest BCUT2D eigenvalue weighted by atomic mass is 79.9. The van der Waals surface area contributed by atoms with E-state index in [-0.39, 0.29) is 29.9 Å². The van der Waals surface area contributed by atoms with Gasteiger partial charge in [0.1, 0.15) is 0 Å². The third kappa shape index (κ3) is 3.58. The van der Waals surface area contributed by atoms with Crippen molar-refractivity contribution in [2.24, 2.45) is 0 Å². The number of carbonyl (C=O) groups excluding carboxylic acids is 2. The van der Waals surface area contributed by atoms with Crippen LogP contribution in [0.4, 0.5) is 0 Å². The molecule has 0 spiro atoms. The first-order chi connectivity index (χ1) is 12.9. The van der Waals surface area contributed by atoms with Crippen molar-refractivity contribution in [3.05, 3.63) is 79.4 Å². The smallest absolute Gasteiger partial charge is 0.225 e. The summed E-state index contributed by atoms with van der Waals surface area (Å²) in [5.41, 5.74) is 3.40. The van der Waals surface area contributed by atoms with Gasteiger partial charge in [0, 0.05) is 34.5 Å². The molecule has 0 saturated carbocycles. The predicted molar refractivity (Wildman–Crippen MR) is 110 cm³/mol. The third-order valence-corrected chi connectivity index (χ3v) is 6.69. The second-order valence-electron chi connectivity index (χ2n) is 6.92. The lowest BCUT2D eigenvalue weighted by Gasteiger charge is -2.34. The minimum absolute atomic E-state index is 0.0238. The van der Waals surface area contributed by atoms with Crippen LogP contribution in [0.5, 0.6) is 0 Å². The fourth-order valence-corrected chi connectivity index (χ4v) is 4.85. The van der Waals surface area contributed by atoms with Crippen LogP contribution in [-0.2, 0) is 9.59 Å². The van der Waals surface area contributed by atoms with Crippen LogP contribution in [0.25, 0.3) is 0 Å². The molecule has 2 aliphatic rings. The lowest BCUT2D eigenvalue weighted by Crippen LogP contribution is -2.38. The molecule has 6 heteroatoms. The zero-order valence-electron chi connectivity index (χ0n) is 14.3. The molecular weight excluding hydrogens is 449 g/mol. The normalized spacial score (nSPS) is 22.5. The number of allylic oxidation sites excluding steroid dienone is 2. The maximum atomic E-state index is 13.1. The topological polar surface area (TPSA) is 46.2 Å². The number of hydrogen-bond donors (Lipinski definition) is 1. The maximum Gasteiger partial charge on any atom is 0.225 e. The molecule has 27 heavy (non-hydrogen) atoms. The van der Waals surface area contributed by atoms with Crippen molar-refractivity contribution in [3.8, 4) is 0 Å². The van der Waals surface area contributed by atoms with Gasteiger partial charge in [-0.15, -0.1) is 0 Å². The lowest BCUT2D eigenvalue weighted by atomic mass is 9.73. The number of rotatable bonds is 2. The van der Waals surface area contributed by atoms with Crippen molar-refractivity contribution in [1.29, 1.82) is 0 Å². The fraction of sp³-hybridized carbons (Fsp3) is 0.238. The molecule has 1 amide bonds. The van der Waals surface area contributed by atoms with Gasteiger partial charge in [0.25, 0.3) is 0 Å². The maximum absolute atomic E-state index is 13.1. The SMILES string of the molecule is O=C1CC(c2ccccc2Br)C2=C(CC(c3ccc(Cl)c(Cl)c3)CC2=O)N1. The number of ketones is 1. The molecule has 2 unspecified atom stereocenters. The van der Waals surface area contributed by atoms with Crippen molar-refractivity contribution in [2.45, 2.75) is 31.1 Å². The average molecular weight is 465 g/mol. The Morgan fingerprint density at radius 2 is 1.74 bits per heavy atom. The number of hydrogen-bond acceptors (Lipinski definition) is 2. The Bertz CT molecular complexity index is 986. The summed E-state index contributed by atoms with van der Waals surface area (Å²) in [6, 6.07) is 13.2. The van der Waals surface area contributed by atoms with Crippen LogP contribution in [0, 0.1) is 0 Å². The Morgan fingerprint density at radius 1 is 0.963 bits per heavy atom. The monoisotopic (exact) mass is 463 g/mol. The van der Waals surface area contributed by atoms with E-state index in [4.69, 9.17) is 23.2 Å². The molecule has 1 aliphatic carbocycles. The number of nitrogens with one attached hydrogen (secondary N) is 1. The molecule has 1 heterocycles. The molecule has 1 N–H and O–H groups in total. The minimum Gasteiger partial charge on any atom is -0.329 e. The highest BCUT2D eigenvalue weighted by Gasteiger charge is 2.38. The van der Waals surface area contributed by atoms with Crippen molar-refractivity contribution < 1.29 is 9.59 Å². The molecule has 2 atom stereocenters. The van der Waals surface area contributed by atoms with Gasteiger partial charge in [-0.05, 0) is 41.7 Å². The van der Waals surface area contributed by atoms with E-state index in [2.05, 4.69) is 21.2 Å². The van der Waals surface area contributed by atoms with E-state index in [9.17, 15) is 9.59 Å². The van der Waals surface area contributed by atoms with Crippen molar-refractivity contribution in [1.82, 2.24) is 5.32 Å². The van der Waals surface area contributed by atoms with E-state index in [0.29, 0.717) is 22.9 Å². The van der Waals surface area contributed by atoms with E-state index in [1.54, 1.807) is 6.07 Å². The molecule has 2 aromatic carbocycles. The van der Waals surface area contributed by atoms with Crippen LogP contribution in [0.2, 0.25) is 10.0 Å². The predicted octanol–water partition coefficient (Wildman–Crippen LogP) is 5.76. The van der Waals surface area contributed by atoms with Crippen LogP contribution in [0.1, 0.15) is 42.2 Å². The molecule has 0 saturated heterocycles. The highest BCUT2D eigenvalue weighted by Crippen LogP contribution is 2.44. The van der Waals surface area contributed by atoms with Gasteiger partial charge in [0.05, 0.1) is 10.0 Å². The standard InChI is InChI=1S/C21H16BrCl2NO2/c22-15-4-2-1-3-13(15)14-10-20(27)25-18-8-12(9-19(26)21(14)18)11-5-6-16(23)17(24)7-11/h1-7,12,14H,8-10H2,(H,25,27). The number of benzene rings is 2. The second-order valence-corrected chi connectivity index (χ2v) is 8.59. The van der Waals surface area contributed by atoms with Gasteiger partial charge < -0.3 is 5.32 Å². The average Bonchev–Trinajstić information content (AvgIpc) is 2.63. The first-order valence-electron chi connectivity index (χ1n) is 8.69. The molecule has 0 bridgehead atoms. The van der Waals surface area contributed by atoms with Crippen molar-refractivity contribution in [3.63, 3.8) is 0 Å². The quantitative estimate of drug-likeness (QED) is 0.613. The Hall–Kier alpha value is -1.62. The van der Waals surface area contributed by atoms with E-state index in [1.165, 1.54) is 0 Å². The van der Waals surface area contributed by atoms with E-state index >= 15 is 0 Å². The van der Waals surface area contributed by atoms with Gasteiger partial charge in [0.15, 0.2) is 5.78 Å². The summed E-state index contributed by atoms with van der Waals surface area (Å²) in [6.07, 6.45) is 1.28. The molecule has 138 valence electrons. The van der Waals surface area contributed by atoms with Crippen LogP contribution in [-0.4, -0.2) is 11.7 Å². The van der Waals surface area contributed by atoms with E-state index in [1.807, 2.05) is 36.4 Å². The second kappa shape index (κ2) is 7.42. The summed E-state index contributed by atoms with van der Waals surface area (Å²) in [7, 11) is 0. The number of amides is 1. The third-order valence-electron chi connectivity index (χ3n) is 5.23. The Balaban J connectivity index is 1.73. The van der Waals surface area contributed by atoms with Crippen LogP contribution < -0.4 is 5.32 Å². The van der Waals surface area contributed by atoms with Gasteiger partial charge in [-0.2, -0.15) is 0 Å².